The number of imidazole rings is 1. The molecule has 0 spiro atoms. The summed E-state index contributed by atoms with van der Waals surface area (Å²) in [5, 5.41) is 0. The molecule has 5 nitrogen and oxygen atoms in total. The van der Waals surface area contributed by atoms with E-state index in [-0.39, 0.29) is 6.01 Å². The molecular formula is C10H10N2O3. The van der Waals surface area contributed by atoms with E-state index in [2.05, 4.69) is 4.98 Å². The molecule has 5 heteroatoms. The molecule has 0 saturated carbocycles. The summed E-state index contributed by atoms with van der Waals surface area (Å²) < 4.78 is 6.51. The minimum Gasteiger partial charge on any atom is -0.463 e. The van der Waals surface area contributed by atoms with Gasteiger partial charge in [-0.3, -0.25) is 4.79 Å². The Balaban J connectivity index is 2.57. The summed E-state index contributed by atoms with van der Waals surface area (Å²) >= 11 is 0. The molecule has 1 aromatic carbocycles. The molecule has 1 aromatic heterocycles. The van der Waals surface area contributed by atoms with Crippen molar-refractivity contribution in [3.8, 4) is 6.01 Å². The third-order valence-corrected chi connectivity index (χ3v) is 1.91. The number of carbonyl (C=O) groups excluding carboxylic acids is 1. The van der Waals surface area contributed by atoms with E-state index in [4.69, 9.17) is 9.57 Å². The summed E-state index contributed by atoms with van der Waals surface area (Å²) in [7, 11) is 0. The number of aromatic nitrogens is 2. The monoisotopic (exact) mass is 206 g/mol. The molecule has 0 aliphatic rings. The molecule has 0 fully saturated rings. The van der Waals surface area contributed by atoms with Crippen LogP contribution in [0.15, 0.2) is 24.3 Å². The third kappa shape index (κ3) is 1.63. The normalized spacial score (nSPS) is 10.2. The minimum atomic E-state index is 0.283. The summed E-state index contributed by atoms with van der Waals surface area (Å²) in [6.07, 6.45) is 0. The van der Waals surface area contributed by atoms with Crippen LogP contribution in [0.4, 0.5) is 0 Å². The van der Waals surface area contributed by atoms with E-state index >= 15 is 0 Å². The Morgan fingerprint density at radius 1 is 1.47 bits per heavy atom. The molecule has 0 unspecified atom stereocenters. The quantitative estimate of drug-likeness (QED) is 0.701. The lowest BCUT2D eigenvalue weighted by atomic mass is 10.3. The molecule has 0 aliphatic heterocycles. The van der Waals surface area contributed by atoms with Gasteiger partial charge in [-0.05, 0) is 19.1 Å². The number of hydrogen-bond donors (Lipinski definition) is 0. The zero-order chi connectivity index (χ0) is 10.7. The van der Waals surface area contributed by atoms with Gasteiger partial charge in [0.15, 0.2) is 0 Å². The smallest absolute Gasteiger partial charge is 0.332 e. The molecule has 0 amide bonds. The Morgan fingerprint density at radius 2 is 2.27 bits per heavy atom. The van der Waals surface area contributed by atoms with Crippen molar-refractivity contribution in [3.05, 3.63) is 24.3 Å². The minimum absolute atomic E-state index is 0.283. The lowest BCUT2D eigenvalue weighted by molar-refractivity contribution is -0.129. The molecule has 15 heavy (non-hydrogen) atoms. The van der Waals surface area contributed by atoms with Gasteiger partial charge >= 0.3 is 12.5 Å². The molecule has 2 rings (SSSR count). The van der Waals surface area contributed by atoms with Gasteiger partial charge in [-0.1, -0.05) is 12.1 Å². The second-order valence-electron chi connectivity index (χ2n) is 2.81. The number of benzene rings is 1. The van der Waals surface area contributed by atoms with Gasteiger partial charge in [-0.2, -0.15) is 4.98 Å². The van der Waals surface area contributed by atoms with E-state index in [1.54, 1.807) is 6.07 Å². The first kappa shape index (κ1) is 9.51. The summed E-state index contributed by atoms with van der Waals surface area (Å²) in [4.78, 5) is 19.3. The maximum Gasteiger partial charge on any atom is 0.332 e. The lowest BCUT2D eigenvalue weighted by Gasteiger charge is -2.03. The predicted molar refractivity (Wildman–Crippen MR) is 53.5 cm³/mol. The topological polar surface area (TPSA) is 53.4 Å². The largest absolute Gasteiger partial charge is 0.463 e. The number of para-hydroxylation sites is 2. The maximum atomic E-state index is 10.3. The molecule has 0 aliphatic carbocycles. The Bertz CT molecular complexity index is 478. The molecule has 78 valence electrons. The van der Waals surface area contributed by atoms with Crippen LogP contribution < -0.4 is 9.57 Å². The third-order valence-electron chi connectivity index (χ3n) is 1.91. The van der Waals surface area contributed by atoms with Crippen LogP contribution in [0.2, 0.25) is 0 Å². The van der Waals surface area contributed by atoms with Crippen LogP contribution in [0.3, 0.4) is 0 Å². The highest BCUT2D eigenvalue weighted by Gasteiger charge is 2.11. The van der Waals surface area contributed by atoms with Gasteiger partial charge in [-0.25, -0.2) is 0 Å². The van der Waals surface area contributed by atoms with Crippen LogP contribution in [0, 0.1) is 0 Å². The predicted octanol–water partition coefficient (Wildman–Crippen LogP) is 1.02. The van der Waals surface area contributed by atoms with Crippen molar-refractivity contribution >= 4 is 17.5 Å². The van der Waals surface area contributed by atoms with Crippen molar-refractivity contribution in [2.24, 2.45) is 0 Å². The number of ether oxygens (including phenoxy) is 1. The average molecular weight is 206 g/mol. The molecule has 2 aromatic rings. The molecule has 0 bridgehead atoms. The first-order valence-corrected chi connectivity index (χ1v) is 4.58. The highest BCUT2D eigenvalue weighted by molar-refractivity contribution is 5.76. The molecule has 0 atom stereocenters. The SMILES string of the molecule is CCOc1nc2ccccc2n1OC=O. The van der Waals surface area contributed by atoms with Gasteiger partial charge < -0.3 is 9.57 Å². The van der Waals surface area contributed by atoms with Crippen molar-refractivity contribution in [1.82, 2.24) is 9.71 Å². The van der Waals surface area contributed by atoms with E-state index in [1.807, 2.05) is 25.1 Å². The first-order chi connectivity index (χ1) is 7.36. The van der Waals surface area contributed by atoms with Gasteiger partial charge in [0.25, 0.3) is 0 Å². The van der Waals surface area contributed by atoms with Crippen LogP contribution in [0.5, 0.6) is 6.01 Å². The summed E-state index contributed by atoms with van der Waals surface area (Å²) in [5.41, 5.74) is 1.43. The van der Waals surface area contributed by atoms with E-state index in [0.717, 1.165) is 5.52 Å². The average Bonchev–Trinajstić information content (AvgIpc) is 2.59. The second-order valence-corrected chi connectivity index (χ2v) is 2.81. The fraction of sp³-hybridized carbons (Fsp3) is 0.200. The molecule has 0 radical (unpaired) electrons. The van der Waals surface area contributed by atoms with Gasteiger partial charge in [0, 0.05) is 0 Å². The summed E-state index contributed by atoms with van der Waals surface area (Å²) in [6, 6.07) is 7.60. The van der Waals surface area contributed by atoms with E-state index in [0.29, 0.717) is 18.6 Å². The number of nitrogens with zero attached hydrogens (tertiary/aromatic N) is 2. The Kier molecular flexibility index (Phi) is 2.53. The zero-order valence-corrected chi connectivity index (χ0v) is 8.21. The first-order valence-electron chi connectivity index (χ1n) is 4.58. The van der Waals surface area contributed by atoms with Crippen molar-refractivity contribution in [3.63, 3.8) is 0 Å². The summed E-state index contributed by atoms with van der Waals surface area (Å²) in [6.45, 7) is 2.65. The Labute approximate surface area is 86.2 Å². The fourth-order valence-corrected chi connectivity index (χ4v) is 1.35. The summed E-state index contributed by atoms with van der Waals surface area (Å²) in [5.74, 6) is 0. The van der Waals surface area contributed by atoms with Gasteiger partial charge in [0.2, 0.25) is 0 Å². The van der Waals surface area contributed by atoms with E-state index in [9.17, 15) is 4.79 Å². The maximum absolute atomic E-state index is 10.3. The number of carbonyl (C=O) groups is 1. The number of hydrogen-bond acceptors (Lipinski definition) is 4. The van der Waals surface area contributed by atoms with Gasteiger partial charge in [0.05, 0.1) is 12.1 Å². The Morgan fingerprint density at radius 3 is 3.00 bits per heavy atom. The highest BCUT2D eigenvalue weighted by atomic mass is 16.7. The van der Waals surface area contributed by atoms with Crippen molar-refractivity contribution in [2.75, 3.05) is 6.61 Å². The van der Waals surface area contributed by atoms with Gasteiger partial charge in [0.1, 0.15) is 5.52 Å². The second kappa shape index (κ2) is 4.00. The molecule has 0 N–H and O–H groups in total. The fourth-order valence-electron chi connectivity index (χ4n) is 1.35. The lowest BCUT2D eigenvalue weighted by Crippen LogP contribution is -2.11. The molecule has 1 heterocycles. The van der Waals surface area contributed by atoms with Crippen molar-refractivity contribution < 1.29 is 14.4 Å². The van der Waals surface area contributed by atoms with Crippen LogP contribution in [-0.2, 0) is 4.79 Å². The van der Waals surface area contributed by atoms with E-state index < -0.39 is 0 Å². The molecular weight excluding hydrogens is 196 g/mol. The van der Waals surface area contributed by atoms with Gasteiger partial charge in [-0.15, -0.1) is 4.73 Å². The number of rotatable bonds is 4. The number of fused-ring (bicyclic) bond motifs is 1. The Hall–Kier alpha value is -2.04. The zero-order valence-electron chi connectivity index (χ0n) is 8.21. The standard InChI is InChI=1S/C10H10N2O3/c1-2-14-10-11-8-5-3-4-6-9(8)12(10)15-7-13/h3-7H,2H2,1H3. The van der Waals surface area contributed by atoms with Crippen molar-refractivity contribution in [1.29, 1.82) is 0 Å². The highest BCUT2D eigenvalue weighted by Crippen LogP contribution is 2.19. The van der Waals surface area contributed by atoms with Crippen LogP contribution in [0.25, 0.3) is 11.0 Å². The van der Waals surface area contributed by atoms with Crippen molar-refractivity contribution in [2.45, 2.75) is 6.92 Å². The van der Waals surface area contributed by atoms with Crippen LogP contribution in [0.1, 0.15) is 6.92 Å². The molecule has 0 saturated heterocycles. The van der Waals surface area contributed by atoms with Crippen LogP contribution in [-0.4, -0.2) is 22.8 Å². The van der Waals surface area contributed by atoms with E-state index in [1.165, 1.54) is 4.73 Å². The van der Waals surface area contributed by atoms with Crippen LogP contribution >= 0.6 is 0 Å².